The van der Waals surface area contributed by atoms with E-state index in [9.17, 15) is 9.59 Å². The lowest BCUT2D eigenvalue weighted by Gasteiger charge is -2.18. The van der Waals surface area contributed by atoms with Gasteiger partial charge in [0.15, 0.2) is 0 Å². The highest BCUT2D eigenvalue weighted by molar-refractivity contribution is 5.97. The highest BCUT2D eigenvalue weighted by Crippen LogP contribution is 2.29. The summed E-state index contributed by atoms with van der Waals surface area (Å²) in [5, 5.41) is 5.70. The number of hydrogen-bond donors (Lipinski definition) is 2. The van der Waals surface area contributed by atoms with Crippen LogP contribution in [0.15, 0.2) is 42.5 Å². The van der Waals surface area contributed by atoms with Crippen molar-refractivity contribution in [2.45, 2.75) is 26.3 Å². The summed E-state index contributed by atoms with van der Waals surface area (Å²) in [5.41, 5.74) is 1.91. The van der Waals surface area contributed by atoms with Gasteiger partial charge in [-0.05, 0) is 37.3 Å². The average Bonchev–Trinajstić information content (AvgIpc) is 2.67. The van der Waals surface area contributed by atoms with E-state index in [-0.39, 0.29) is 17.9 Å². The molecule has 6 heteroatoms. The van der Waals surface area contributed by atoms with Gasteiger partial charge in [0.25, 0.3) is 5.91 Å². The average molecular weight is 356 g/mol. The molecule has 2 amide bonds. The molecule has 0 fully saturated rings. The lowest BCUT2D eigenvalue weighted by atomic mass is 10.1. The summed E-state index contributed by atoms with van der Waals surface area (Å²) in [7, 11) is 3.16. The number of rotatable bonds is 7. The van der Waals surface area contributed by atoms with Crippen LogP contribution in [0.4, 0.5) is 5.69 Å². The Kier molecular flexibility index (Phi) is 6.60. The molecule has 0 heterocycles. The monoisotopic (exact) mass is 356 g/mol. The normalized spacial score (nSPS) is 11.4. The quantitative estimate of drug-likeness (QED) is 0.795. The van der Waals surface area contributed by atoms with E-state index in [1.165, 1.54) is 0 Å². The first-order chi connectivity index (χ1) is 12.5. The van der Waals surface area contributed by atoms with Gasteiger partial charge in [-0.3, -0.25) is 9.59 Å². The maximum atomic E-state index is 12.6. The third kappa shape index (κ3) is 4.75. The number of methoxy groups -OCH3 is 2. The molecule has 2 N–H and O–H groups in total. The van der Waals surface area contributed by atoms with Gasteiger partial charge in [-0.15, -0.1) is 0 Å². The molecule has 0 radical (unpaired) electrons. The molecule has 0 aliphatic rings. The molecule has 1 atom stereocenters. The van der Waals surface area contributed by atoms with Gasteiger partial charge in [-0.1, -0.05) is 13.0 Å². The van der Waals surface area contributed by atoms with Crippen LogP contribution in [0.2, 0.25) is 0 Å². The second-order valence-corrected chi connectivity index (χ2v) is 5.79. The van der Waals surface area contributed by atoms with E-state index in [2.05, 4.69) is 10.6 Å². The van der Waals surface area contributed by atoms with Crippen LogP contribution in [0.1, 0.15) is 42.2 Å². The first-order valence-electron chi connectivity index (χ1n) is 8.41. The molecule has 0 saturated heterocycles. The van der Waals surface area contributed by atoms with Gasteiger partial charge in [0.1, 0.15) is 11.5 Å². The van der Waals surface area contributed by atoms with Gasteiger partial charge in [-0.25, -0.2) is 0 Å². The third-order valence-corrected chi connectivity index (χ3v) is 3.98. The number of benzene rings is 2. The lowest BCUT2D eigenvalue weighted by molar-refractivity contribution is -0.115. The summed E-state index contributed by atoms with van der Waals surface area (Å²) in [4.78, 5) is 24.1. The van der Waals surface area contributed by atoms with Crippen molar-refractivity contribution in [3.8, 4) is 11.5 Å². The van der Waals surface area contributed by atoms with Crippen molar-refractivity contribution in [3.05, 3.63) is 53.6 Å². The molecule has 0 aromatic heterocycles. The Morgan fingerprint density at radius 3 is 2.50 bits per heavy atom. The van der Waals surface area contributed by atoms with Crippen molar-refractivity contribution in [2.75, 3.05) is 19.5 Å². The van der Waals surface area contributed by atoms with Gasteiger partial charge in [-0.2, -0.15) is 0 Å². The predicted molar refractivity (Wildman–Crippen MR) is 101 cm³/mol. The second kappa shape index (κ2) is 8.89. The Labute approximate surface area is 153 Å². The second-order valence-electron chi connectivity index (χ2n) is 5.79. The maximum absolute atomic E-state index is 12.6. The highest BCUT2D eigenvalue weighted by Gasteiger charge is 2.16. The maximum Gasteiger partial charge on any atom is 0.251 e. The highest BCUT2D eigenvalue weighted by atomic mass is 16.5. The summed E-state index contributed by atoms with van der Waals surface area (Å²) in [5.74, 6) is 0.992. The summed E-state index contributed by atoms with van der Waals surface area (Å²) >= 11 is 0. The molecule has 138 valence electrons. The van der Waals surface area contributed by atoms with Crippen molar-refractivity contribution in [1.82, 2.24) is 5.32 Å². The predicted octanol–water partition coefficient (Wildman–Crippen LogP) is 3.54. The van der Waals surface area contributed by atoms with E-state index in [1.54, 1.807) is 51.5 Å². The van der Waals surface area contributed by atoms with Crippen LogP contribution in [0.3, 0.4) is 0 Å². The van der Waals surface area contributed by atoms with Gasteiger partial charge < -0.3 is 20.1 Å². The van der Waals surface area contributed by atoms with Crippen molar-refractivity contribution < 1.29 is 19.1 Å². The van der Waals surface area contributed by atoms with Gasteiger partial charge in [0.2, 0.25) is 5.91 Å². The fourth-order valence-electron chi connectivity index (χ4n) is 2.52. The minimum atomic E-state index is -0.266. The molecule has 6 nitrogen and oxygen atoms in total. The number of amides is 2. The number of carbonyl (C=O) groups is 2. The standard InChI is InChI=1S/C20H24N2O4/c1-5-19(23)22-15-8-6-7-14(11-15)20(24)21-13(2)17-10-9-16(25-3)12-18(17)26-4/h6-13H,5H2,1-4H3,(H,21,24)(H,22,23). The third-order valence-electron chi connectivity index (χ3n) is 3.98. The first kappa shape index (κ1) is 19.3. The van der Waals surface area contributed by atoms with Crippen molar-refractivity contribution in [1.29, 1.82) is 0 Å². The molecular weight excluding hydrogens is 332 g/mol. The number of nitrogens with one attached hydrogen (secondary N) is 2. The van der Waals surface area contributed by atoms with Crippen LogP contribution in [0.5, 0.6) is 11.5 Å². The van der Waals surface area contributed by atoms with Crippen LogP contribution in [-0.2, 0) is 4.79 Å². The Morgan fingerprint density at radius 2 is 1.85 bits per heavy atom. The minimum absolute atomic E-state index is 0.0982. The van der Waals surface area contributed by atoms with Gasteiger partial charge >= 0.3 is 0 Å². The van der Waals surface area contributed by atoms with Crippen LogP contribution in [0.25, 0.3) is 0 Å². The smallest absolute Gasteiger partial charge is 0.251 e. The topological polar surface area (TPSA) is 76.7 Å². The van der Waals surface area contributed by atoms with Gasteiger partial charge in [0.05, 0.1) is 20.3 Å². The molecule has 2 rings (SSSR count). The van der Waals surface area contributed by atoms with Crippen LogP contribution < -0.4 is 20.1 Å². The summed E-state index contributed by atoms with van der Waals surface area (Å²) < 4.78 is 10.6. The number of hydrogen-bond acceptors (Lipinski definition) is 4. The zero-order valence-corrected chi connectivity index (χ0v) is 15.5. The fraction of sp³-hybridized carbons (Fsp3) is 0.300. The molecule has 26 heavy (non-hydrogen) atoms. The molecule has 2 aromatic carbocycles. The van der Waals surface area contributed by atoms with E-state index in [1.807, 2.05) is 19.1 Å². The molecule has 1 unspecified atom stereocenters. The SMILES string of the molecule is CCC(=O)Nc1cccc(C(=O)NC(C)c2ccc(OC)cc2OC)c1. The van der Waals surface area contributed by atoms with E-state index < -0.39 is 0 Å². The number of ether oxygens (including phenoxy) is 2. The van der Waals surface area contributed by atoms with Gasteiger partial charge in [0, 0.05) is 29.3 Å². The Hall–Kier alpha value is -3.02. The first-order valence-corrected chi connectivity index (χ1v) is 8.41. The number of anilines is 1. The van der Waals surface area contributed by atoms with Crippen LogP contribution in [-0.4, -0.2) is 26.0 Å². The largest absolute Gasteiger partial charge is 0.497 e. The van der Waals surface area contributed by atoms with E-state index >= 15 is 0 Å². The fourth-order valence-corrected chi connectivity index (χ4v) is 2.52. The molecular formula is C20H24N2O4. The molecule has 0 aliphatic carbocycles. The molecule has 0 spiro atoms. The number of carbonyl (C=O) groups excluding carboxylic acids is 2. The minimum Gasteiger partial charge on any atom is -0.497 e. The molecule has 0 saturated carbocycles. The molecule has 2 aromatic rings. The lowest BCUT2D eigenvalue weighted by Crippen LogP contribution is -2.27. The Morgan fingerprint density at radius 1 is 1.08 bits per heavy atom. The molecule has 0 aliphatic heterocycles. The van der Waals surface area contributed by atoms with Crippen molar-refractivity contribution in [3.63, 3.8) is 0 Å². The summed E-state index contributed by atoms with van der Waals surface area (Å²) in [6.07, 6.45) is 0.380. The Balaban J connectivity index is 2.14. The zero-order chi connectivity index (χ0) is 19.1. The summed E-state index contributed by atoms with van der Waals surface area (Å²) in [6.45, 7) is 3.65. The molecule has 0 bridgehead atoms. The van der Waals surface area contributed by atoms with Crippen molar-refractivity contribution >= 4 is 17.5 Å². The van der Waals surface area contributed by atoms with Crippen LogP contribution in [0, 0.1) is 0 Å². The van der Waals surface area contributed by atoms with Crippen molar-refractivity contribution in [2.24, 2.45) is 0 Å². The van der Waals surface area contributed by atoms with E-state index in [0.717, 1.165) is 5.56 Å². The van der Waals surface area contributed by atoms with Crippen LogP contribution >= 0.6 is 0 Å². The van der Waals surface area contributed by atoms with E-state index in [4.69, 9.17) is 9.47 Å². The Bertz CT molecular complexity index is 789. The summed E-state index contributed by atoms with van der Waals surface area (Å²) in [6, 6.07) is 12.0. The van der Waals surface area contributed by atoms with E-state index in [0.29, 0.717) is 29.2 Å². The zero-order valence-electron chi connectivity index (χ0n) is 15.5.